The number of hydrogen-bond donors (Lipinski definition) is 0. The molecule has 1 aliphatic carbocycles. The van der Waals surface area contributed by atoms with E-state index in [0.29, 0.717) is 47.4 Å². The zero-order valence-electron chi connectivity index (χ0n) is 36.8. The summed E-state index contributed by atoms with van der Waals surface area (Å²) in [6, 6.07) is 44.8. The minimum atomic E-state index is -0.472. The van der Waals surface area contributed by atoms with Crippen LogP contribution >= 0.6 is 0 Å². The number of ketones is 2. The average molecular weight is 845 g/mol. The molecule has 8 aromatic rings. The van der Waals surface area contributed by atoms with Crippen LogP contribution in [0.5, 0.6) is 0 Å². The number of fused-ring (bicyclic) bond motifs is 4. The van der Waals surface area contributed by atoms with Gasteiger partial charge in [-0.05, 0) is 86.4 Å². The first kappa shape index (κ1) is 41.5. The van der Waals surface area contributed by atoms with Gasteiger partial charge in [-0.1, -0.05) is 84.9 Å². The molecule has 1 aliphatic rings. The Morgan fingerprint density at radius 3 is 1.28 bits per heavy atom. The van der Waals surface area contributed by atoms with E-state index in [1.807, 2.05) is 125 Å². The Bertz CT molecular complexity index is 3030. The third-order valence-electron chi connectivity index (χ3n) is 11.8. The van der Waals surface area contributed by atoms with Crippen molar-refractivity contribution in [2.24, 2.45) is 14.1 Å². The number of carbonyl (C=O) groups excluding carboxylic acids is 2. The van der Waals surface area contributed by atoms with Gasteiger partial charge in [-0.25, -0.2) is 0 Å². The molecule has 0 amide bonds. The number of rotatable bonds is 12. The van der Waals surface area contributed by atoms with Crippen LogP contribution in [0.1, 0.15) is 91.2 Å². The number of allylic oxidation sites excluding steroid dienone is 4. The Kier molecular flexibility index (Phi) is 11.3. The molecule has 0 fully saturated rings. The molecular formula is C56H48N2O6+2. The van der Waals surface area contributed by atoms with Gasteiger partial charge >= 0.3 is 0 Å². The number of benzene rings is 4. The molecule has 4 aromatic carbocycles. The highest BCUT2D eigenvalue weighted by Crippen LogP contribution is 2.43. The van der Waals surface area contributed by atoms with Crippen LogP contribution in [0.25, 0.3) is 56.6 Å². The van der Waals surface area contributed by atoms with Gasteiger partial charge in [0.25, 0.3) is 0 Å². The standard InChI is InChI=1S/C56H48N2O6/c1-7-61-47(33-41(37-19-11-9-12-20-37)31-43-29-27-39-23-15-17-25-45(39)57(43)5)49-35(3)63-55-51(49)53(59)56-52(54(55)60)50(36(4)64-56)48(62-8-2)34-42(38-21-13-10-14-22-38)32-44-30-28-40-24-16-18-26-46(40)58(44)6/h9-34H,7-8H2,1-6H3/q+2/b41-31+,42-32+,47-33-,48-34-. The fraction of sp³-hybridized carbons (Fsp3) is 0.143. The number of nitrogens with zero attached hydrogens (tertiary/aromatic N) is 2. The van der Waals surface area contributed by atoms with Gasteiger partial charge in [0, 0.05) is 47.2 Å². The predicted octanol–water partition coefficient (Wildman–Crippen LogP) is 11.5. The molecule has 0 bridgehead atoms. The first-order valence-electron chi connectivity index (χ1n) is 21.5. The minimum Gasteiger partial charge on any atom is -0.493 e. The second kappa shape index (κ2) is 17.5. The summed E-state index contributed by atoms with van der Waals surface area (Å²) >= 11 is 0. The topological polar surface area (TPSA) is 86.6 Å². The molecule has 0 radical (unpaired) electrons. The minimum absolute atomic E-state index is 0.0679. The van der Waals surface area contributed by atoms with Crippen molar-refractivity contribution in [3.05, 3.63) is 213 Å². The zero-order valence-corrected chi connectivity index (χ0v) is 36.8. The monoisotopic (exact) mass is 844 g/mol. The highest BCUT2D eigenvalue weighted by molar-refractivity contribution is 6.29. The number of furan rings is 2. The van der Waals surface area contributed by atoms with Crippen LogP contribution in [0.4, 0.5) is 0 Å². The lowest BCUT2D eigenvalue weighted by atomic mass is 9.87. The first-order chi connectivity index (χ1) is 31.2. The van der Waals surface area contributed by atoms with Gasteiger partial charge in [0.1, 0.15) is 37.1 Å². The lowest BCUT2D eigenvalue weighted by molar-refractivity contribution is -0.646. The highest BCUT2D eigenvalue weighted by Gasteiger charge is 2.43. The molecule has 0 unspecified atom stereocenters. The summed E-state index contributed by atoms with van der Waals surface area (Å²) in [4.78, 5) is 29.8. The van der Waals surface area contributed by atoms with Crippen LogP contribution < -0.4 is 9.13 Å². The second-order valence-corrected chi connectivity index (χ2v) is 15.7. The molecule has 8 heteroatoms. The number of pyridine rings is 2. The molecule has 0 N–H and O–H groups in total. The van der Waals surface area contributed by atoms with Crippen LogP contribution in [0.3, 0.4) is 0 Å². The summed E-state index contributed by atoms with van der Waals surface area (Å²) in [5.74, 6) is 0.453. The van der Waals surface area contributed by atoms with Gasteiger partial charge in [-0.3, -0.25) is 9.59 Å². The third kappa shape index (κ3) is 7.57. The summed E-state index contributed by atoms with van der Waals surface area (Å²) in [5.41, 5.74) is 8.64. The molecule has 316 valence electrons. The maximum atomic E-state index is 14.9. The number of aromatic nitrogens is 2. The van der Waals surface area contributed by atoms with Gasteiger partial charge < -0.3 is 18.3 Å². The van der Waals surface area contributed by atoms with E-state index in [2.05, 4.69) is 69.8 Å². The van der Waals surface area contributed by atoms with E-state index in [1.165, 1.54) is 0 Å². The maximum Gasteiger partial charge on any atom is 0.233 e. The van der Waals surface area contributed by atoms with Crippen molar-refractivity contribution in [2.75, 3.05) is 13.2 Å². The number of hydrogen-bond acceptors (Lipinski definition) is 6. The Morgan fingerprint density at radius 1 is 0.516 bits per heavy atom. The normalized spacial score (nSPS) is 13.4. The number of ether oxygens (including phenoxy) is 2. The SMILES string of the molecule is CCO/C(=C\C(=C/c1ccc2ccccc2[n+]1C)c1ccccc1)c1c(C)oc2c1C(=O)c1oc(C)c(/C(=C/C(=C\c3ccc4ccccc4[n+]3C)c3ccccc3)OCC)c1C2=O. The van der Waals surface area contributed by atoms with Crippen molar-refractivity contribution in [3.63, 3.8) is 0 Å². The van der Waals surface area contributed by atoms with Gasteiger partial charge in [0.2, 0.25) is 34.0 Å². The van der Waals surface area contributed by atoms with E-state index in [9.17, 15) is 9.59 Å². The summed E-state index contributed by atoms with van der Waals surface area (Å²) in [6.45, 7) is 7.87. The lowest BCUT2D eigenvalue weighted by Gasteiger charge is -2.15. The molecule has 9 rings (SSSR count). The quantitative estimate of drug-likeness (QED) is 0.0692. The summed E-state index contributed by atoms with van der Waals surface area (Å²) in [5, 5.41) is 2.25. The Morgan fingerprint density at radius 2 is 0.891 bits per heavy atom. The fourth-order valence-corrected chi connectivity index (χ4v) is 8.63. The summed E-state index contributed by atoms with van der Waals surface area (Å²) in [7, 11) is 4.08. The lowest BCUT2D eigenvalue weighted by Crippen LogP contribution is -2.32. The van der Waals surface area contributed by atoms with Gasteiger partial charge in [0.05, 0.1) is 35.5 Å². The van der Waals surface area contributed by atoms with Crippen molar-refractivity contribution in [3.8, 4) is 0 Å². The molecular weight excluding hydrogens is 797 g/mol. The van der Waals surface area contributed by atoms with Gasteiger partial charge in [-0.15, -0.1) is 0 Å². The number of aryl methyl sites for hydroxylation is 4. The second-order valence-electron chi connectivity index (χ2n) is 15.7. The number of carbonyl (C=O) groups is 2. The number of para-hydroxylation sites is 2. The van der Waals surface area contributed by atoms with Crippen molar-refractivity contribution >= 4 is 68.2 Å². The smallest absolute Gasteiger partial charge is 0.233 e. The fourth-order valence-electron chi connectivity index (χ4n) is 8.63. The van der Waals surface area contributed by atoms with Crippen molar-refractivity contribution in [1.29, 1.82) is 0 Å². The molecule has 0 aliphatic heterocycles. The Balaban J connectivity index is 1.17. The van der Waals surface area contributed by atoms with E-state index < -0.39 is 11.6 Å². The highest BCUT2D eigenvalue weighted by atomic mass is 16.5. The molecule has 0 saturated carbocycles. The largest absolute Gasteiger partial charge is 0.493 e. The van der Waals surface area contributed by atoms with E-state index in [4.69, 9.17) is 18.3 Å². The van der Waals surface area contributed by atoms with Crippen LogP contribution in [-0.2, 0) is 23.6 Å². The average Bonchev–Trinajstić information content (AvgIpc) is 3.86. The molecule has 8 nitrogen and oxygen atoms in total. The molecule has 0 saturated heterocycles. The molecule has 0 spiro atoms. The van der Waals surface area contributed by atoms with Crippen molar-refractivity contribution in [2.45, 2.75) is 27.7 Å². The van der Waals surface area contributed by atoms with E-state index in [-0.39, 0.29) is 22.6 Å². The van der Waals surface area contributed by atoms with Gasteiger partial charge in [-0.2, -0.15) is 9.13 Å². The van der Waals surface area contributed by atoms with Crippen LogP contribution in [0.15, 0.2) is 154 Å². The Labute approximate surface area is 372 Å². The molecule has 4 aromatic heterocycles. The van der Waals surface area contributed by atoms with E-state index in [1.54, 1.807) is 13.8 Å². The van der Waals surface area contributed by atoms with Crippen molar-refractivity contribution in [1.82, 2.24) is 0 Å². The molecule has 4 heterocycles. The predicted molar refractivity (Wildman–Crippen MR) is 252 cm³/mol. The molecule has 64 heavy (non-hydrogen) atoms. The van der Waals surface area contributed by atoms with Crippen molar-refractivity contribution < 1.29 is 37.0 Å². The van der Waals surface area contributed by atoms with E-state index >= 15 is 0 Å². The summed E-state index contributed by atoms with van der Waals surface area (Å²) in [6.07, 6.45) is 8.02. The summed E-state index contributed by atoms with van der Waals surface area (Å²) < 4.78 is 29.7. The van der Waals surface area contributed by atoms with Gasteiger partial charge in [0.15, 0.2) is 11.5 Å². The maximum absolute atomic E-state index is 14.9. The van der Waals surface area contributed by atoms with E-state index in [0.717, 1.165) is 55.5 Å². The first-order valence-corrected chi connectivity index (χ1v) is 21.5. The van der Waals surface area contributed by atoms with Crippen LogP contribution in [0.2, 0.25) is 0 Å². The zero-order chi connectivity index (χ0) is 44.5. The van der Waals surface area contributed by atoms with Crippen LogP contribution in [-0.4, -0.2) is 24.8 Å². The third-order valence-corrected chi connectivity index (χ3v) is 11.8. The Hall–Kier alpha value is -7.84. The molecule has 0 atom stereocenters. The van der Waals surface area contributed by atoms with Crippen LogP contribution in [0, 0.1) is 13.8 Å².